The standard InChI is InChI=1S/C26H24F3N5.CH2O/c1-16-5-3-6-19(13-16)23-31-21-8-4-7-20(21)24(33-23)30-14-17-9-11-18(12-10-17)25-32-22(15-34(25)2)26(27,28)29;1-2/h3,5-6,9-13,15H,4,7-8,14H2,1-2H3,(H,30,31,33);1H2. The van der Waals surface area contributed by atoms with Crippen LogP contribution < -0.4 is 5.32 Å². The zero-order chi connectivity index (χ0) is 25.9. The molecular weight excluding hydrogens is 467 g/mol. The lowest BCUT2D eigenvalue weighted by atomic mass is 10.1. The van der Waals surface area contributed by atoms with E-state index < -0.39 is 11.9 Å². The van der Waals surface area contributed by atoms with Gasteiger partial charge >= 0.3 is 6.18 Å². The molecule has 5 rings (SSSR count). The van der Waals surface area contributed by atoms with Crippen molar-refractivity contribution in [1.82, 2.24) is 19.5 Å². The number of rotatable bonds is 5. The highest BCUT2D eigenvalue weighted by atomic mass is 19.4. The maximum Gasteiger partial charge on any atom is 0.434 e. The fourth-order valence-electron chi connectivity index (χ4n) is 4.32. The summed E-state index contributed by atoms with van der Waals surface area (Å²) in [5, 5.41) is 3.46. The van der Waals surface area contributed by atoms with Gasteiger partial charge in [0.05, 0.1) is 0 Å². The van der Waals surface area contributed by atoms with Crippen LogP contribution in [0.3, 0.4) is 0 Å². The molecule has 9 heteroatoms. The smallest absolute Gasteiger partial charge is 0.366 e. The van der Waals surface area contributed by atoms with Crippen LogP contribution in [0.1, 0.15) is 34.5 Å². The first-order valence-electron chi connectivity index (χ1n) is 11.5. The number of aromatic nitrogens is 4. The number of carbonyl (C=O) groups is 1. The Labute approximate surface area is 207 Å². The number of aryl methyl sites for hydroxylation is 3. The van der Waals surface area contributed by atoms with Crippen molar-refractivity contribution in [3.63, 3.8) is 0 Å². The number of hydrogen-bond donors (Lipinski definition) is 1. The van der Waals surface area contributed by atoms with Crippen LogP contribution in [0, 0.1) is 6.92 Å². The van der Waals surface area contributed by atoms with Crippen molar-refractivity contribution in [1.29, 1.82) is 0 Å². The summed E-state index contributed by atoms with van der Waals surface area (Å²) in [5.41, 5.74) is 5.16. The fraction of sp³-hybridized carbons (Fsp3) is 0.259. The molecule has 2 aromatic carbocycles. The van der Waals surface area contributed by atoms with Crippen molar-refractivity contribution in [2.75, 3.05) is 5.32 Å². The van der Waals surface area contributed by atoms with Crippen molar-refractivity contribution in [2.45, 2.75) is 38.9 Å². The number of anilines is 1. The Hall–Kier alpha value is -4.01. The van der Waals surface area contributed by atoms with Gasteiger partial charge in [-0.25, -0.2) is 15.0 Å². The molecule has 0 unspecified atom stereocenters. The van der Waals surface area contributed by atoms with Crippen LogP contribution in [0.4, 0.5) is 19.0 Å². The van der Waals surface area contributed by atoms with Crippen LogP contribution in [-0.4, -0.2) is 26.3 Å². The molecule has 0 radical (unpaired) electrons. The fourth-order valence-corrected chi connectivity index (χ4v) is 4.32. The summed E-state index contributed by atoms with van der Waals surface area (Å²) in [7, 11) is 1.56. The van der Waals surface area contributed by atoms with Crippen LogP contribution in [0.2, 0.25) is 0 Å². The number of hydrogen-bond acceptors (Lipinski definition) is 5. The second-order valence-electron chi connectivity index (χ2n) is 8.65. The van der Waals surface area contributed by atoms with Crippen molar-refractivity contribution < 1.29 is 18.0 Å². The predicted octanol–water partition coefficient (Wildman–Crippen LogP) is 5.79. The molecule has 1 aliphatic carbocycles. The number of alkyl halides is 3. The first kappa shape index (κ1) is 25.1. The molecule has 0 saturated carbocycles. The minimum Gasteiger partial charge on any atom is -0.366 e. The summed E-state index contributed by atoms with van der Waals surface area (Å²) in [6.07, 6.45) is -0.496. The SMILES string of the molecule is C=O.Cc1cccc(-c2nc3c(c(NCc4ccc(-c5nc(C(F)(F)F)cn5C)cc4)n2)CCC3)c1. The van der Waals surface area contributed by atoms with Gasteiger partial charge in [-0.15, -0.1) is 0 Å². The van der Waals surface area contributed by atoms with Crippen LogP contribution in [0.15, 0.2) is 54.7 Å². The third kappa shape index (κ3) is 5.30. The molecule has 36 heavy (non-hydrogen) atoms. The minimum absolute atomic E-state index is 0.281. The molecule has 1 N–H and O–H groups in total. The zero-order valence-corrected chi connectivity index (χ0v) is 20.1. The highest BCUT2D eigenvalue weighted by Gasteiger charge is 2.34. The van der Waals surface area contributed by atoms with Gasteiger partial charge in [0.2, 0.25) is 0 Å². The number of carbonyl (C=O) groups excluding carboxylic acids is 1. The Morgan fingerprint density at radius 2 is 1.75 bits per heavy atom. The molecule has 0 atom stereocenters. The Kier molecular flexibility index (Phi) is 7.19. The quantitative estimate of drug-likeness (QED) is 0.381. The highest BCUT2D eigenvalue weighted by molar-refractivity contribution is 5.62. The molecule has 0 aliphatic heterocycles. The molecule has 0 amide bonds. The number of fused-ring (bicyclic) bond motifs is 1. The van der Waals surface area contributed by atoms with E-state index >= 15 is 0 Å². The van der Waals surface area contributed by atoms with E-state index in [1.807, 2.05) is 31.1 Å². The summed E-state index contributed by atoms with van der Waals surface area (Å²) in [4.78, 5) is 21.4. The summed E-state index contributed by atoms with van der Waals surface area (Å²) in [6.45, 7) is 4.60. The molecular formula is C27H26F3N5O. The average Bonchev–Trinajstić information content (AvgIpc) is 3.51. The Balaban J connectivity index is 0.00000148. The largest absolute Gasteiger partial charge is 0.434 e. The molecule has 0 saturated heterocycles. The van der Waals surface area contributed by atoms with Crippen LogP contribution in [-0.2, 0) is 37.4 Å². The van der Waals surface area contributed by atoms with Crippen LogP contribution in [0.25, 0.3) is 22.8 Å². The molecule has 6 nitrogen and oxygen atoms in total. The van der Waals surface area contributed by atoms with Gasteiger partial charge in [-0.2, -0.15) is 13.2 Å². The van der Waals surface area contributed by atoms with E-state index in [0.717, 1.165) is 59.5 Å². The third-order valence-electron chi connectivity index (χ3n) is 6.05. The van der Waals surface area contributed by atoms with Gasteiger partial charge < -0.3 is 14.7 Å². The maximum atomic E-state index is 13.0. The number of imidazole rings is 1. The number of nitrogens with one attached hydrogen (secondary N) is 1. The molecule has 0 fully saturated rings. The van der Waals surface area contributed by atoms with Gasteiger partial charge in [-0.1, -0.05) is 48.0 Å². The van der Waals surface area contributed by atoms with Gasteiger partial charge in [0, 0.05) is 42.2 Å². The van der Waals surface area contributed by atoms with Crippen molar-refractivity contribution in [3.8, 4) is 22.8 Å². The van der Waals surface area contributed by atoms with E-state index in [-0.39, 0.29) is 5.82 Å². The van der Waals surface area contributed by atoms with E-state index in [9.17, 15) is 13.2 Å². The van der Waals surface area contributed by atoms with Gasteiger partial charge in [-0.3, -0.25) is 0 Å². The Bertz CT molecular complexity index is 1360. The van der Waals surface area contributed by atoms with E-state index in [1.54, 1.807) is 19.2 Å². The Morgan fingerprint density at radius 1 is 1.00 bits per heavy atom. The van der Waals surface area contributed by atoms with Gasteiger partial charge in [0.15, 0.2) is 11.5 Å². The van der Waals surface area contributed by atoms with E-state index in [0.29, 0.717) is 12.1 Å². The van der Waals surface area contributed by atoms with Gasteiger partial charge in [-0.05, 0) is 37.8 Å². The molecule has 0 bridgehead atoms. The zero-order valence-electron chi connectivity index (χ0n) is 20.1. The summed E-state index contributed by atoms with van der Waals surface area (Å²) < 4.78 is 40.3. The van der Waals surface area contributed by atoms with E-state index in [2.05, 4.69) is 29.4 Å². The van der Waals surface area contributed by atoms with E-state index in [4.69, 9.17) is 14.8 Å². The molecule has 186 valence electrons. The second-order valence-corrected chi connectivity index (χ2v) is 8.65. The van der Waals surface area contributed by atoms with E-state index in [1.165, 1.54) is 10.1 Å². The first-order chi connectivity index (χ1) is 17.3. The predicted molar refractivity (Wildman–Crippen MR) is 132 cm³/mol. The second kappa shape index (κ2) is 10.3. The van der Waals surface area contributed by atoms with Crippen molar-refractivity contribution >= 4 is 12.6 Å². The van der Waals surface area contributed by atoms with Crippen LogP contribution in [0.5, 0.6) is 0 Å². The molecule has 0 spiro atoms. The third-order valence-corrected chi connectivity index (χ3v) is 6.05. The Morgan fingerprint density at radius 3 is 2.42 bits per heavy atom. The average molecular weight is 494 g/mol. The van der Waals surface area contributed by atoms with Crippen molar-refractivity contribution in [2.24, 2.45) is 7.05 Å². The molecule has 2 heterocycles. The molecule has 4 aromatic rings. The minimum atomic E-state index is -4.46. The first-order valence-corrected chi connectivity index (χ1v) is 11.5. The summed E-state index contributed by atoms with van der Waals surface area (Å²) in [6, 6.07) is 15.5. The lowest BCUT2D eigenvalue weighted by Crippen LogP contribution is -2.07. The lowest BCUT2D eigenvalue weighted by molar-refractivity contribution is -0.140. The monoisotopic (exact) mass is 493 g/mol. The van der Waals surface area contributed by atoms with Gasteiger partial charge in [0.1, 0.15) is 18.4 Å². The van der Waals surface area contributed by atoms with Gasteiger partial charge in [0.25, 0.3) is 0 Å². The van der Waals surface area contributed by atoms with Crippen LogP contribution >= 0.6 is 0 Å². The topological polar surface area (TPSA) is 72.7 Å². The number of benzene rings is 2. The number of halogens is 3. The summed E-state index contributed by atoms with van der Waals surface area (Å²) >= 11 is 0. The van der Waals surface area contributed by atoms with Crippen molar-refractivity contribution in [3.05, 3.63) is 82.8 Å². The highest BCUT2D eigenvalue weighted by Crippen LogP contribution is 2.32. The maximum absolute atomic E-state index is 13.0. The molecule has 2 aromatic heterocycles. The number of nitrogens with zero attached hydrogens (tertiary/aromatic N) is 4. The lowest BCUT2D eigenvalue weighted by Gasteiger charge is -2.13. The summed E-state index contributed by atoms with van der Waals surface area (Å²) in [5.74, 6) is 1.85. The normalized spacial score (nSPS) is 12.6. The molecule has 1 aliphatic rings.